The van der Waals surface area contributed by atoms with Crippen LogP contribution in [-0.4, -0.2) is 23.1 Å². The van der Waals surface area contributed by atoms with Gasteiger partial charge in [0, 0.05) is 19.2 Å². The SMILES string of the molecule is Cc1nc(Br)cc(N2CCC(Cc3ccccc3)CC2)n1. The van der Waals surface area contributed by atoms with E-state index in [1.165, 1.54) is 24.8 Å². The van der Waals surface area contributed by atoms with Crippen molar-refractivity contribution >= 4 is 21.7 Å². The van der Waals surface area contributed by atoms with E-state index in [9.17, 15) is 0 Å². The molecule has 0 N–H and O–H groups in total. The number of halogens is 1. The Hall–Kier alpha value is -1.42. The first-order valence-electron chi connectivity index (χ1n) is 7.51. The molecule has 0 bridgehead atoms. The van der Waals surface area contributed by atoms with Crippen LogP contribution >= 0.6 is 15.9 Å². The van der Waals surface area contributed by atoms with Gasteiger partial charge in [-0.25, -0.2) is 9.97 Å². The minimum atomic E-state index is 0.787. The van der Waals surface area contributed by atoms with Gasteiger partial charge in [0.25, 0.3) is 0 Å². The molecule has 1 aliphatic rings. The Bertz CT molecular complexity index is 572. The molecule has 1 saturated heterocycles. The lowest BCUT2D eigenvalue weighted by atomic mass is 9.90. The number of piperidine rings is 1. The second kappa shape index (κ2) is 6.56. The zero-order valence-corrected chi connectivity index (χ0v) is 13.9. The molecule has 2 aromatic rings. The minimum absolute atomic E-state index is 0.787. The smallest absolute Gasteiger partial charge is 0.133 e. The Morgan fingerprint density at radius 2 is 1.86 bits per heavy atom. The van der Waals surface area contributed by atoms with Gasteiger partial charge in [0.15, 0.2) is 0 Å². The first-order chi connectivity index (χ1) is 10.2. The molecule has 0 radical (unpaired) electrons. The summed E-state index contributed by atoms with van der Waals surface area (Å²) in [6.07, 6.45) is 3.66. The maximum atomic E-state index is 4.55. The molecule has 1 fully saturated rings. The summed E-state index contributed by atoms with van der Waals surface area (Å²) < 4.78 is 0.872. The lowest BCUT2D eigenvalue weighted by Gasteiger charge is -2.33. The summed E-state index contributed by atoms with van der Waals surface area (Å²) in [5.74, 6) is 2.66. The first kappa shape index (κ1) is 14.5. The molecular formula is C17H20BrN3. The number of benzene rings is 1. The number of anilines is 1. The first-order valence-corrected chi connectivity index (χ1v) is 8.30. The highest BCUT2D eigenvalue weighted by molar-refractivity contribution is 9.10. The largest absolute Gasteiger partial charge is 0.356 e. The van der Waals surface area contributed by atoms with Crippen LogP contribution in [0.5, 0.6) is 0 Å². The lowest BCUT2D eigenvalue weighted by molar-refractivity contribution is 0.402. The summed E-state index contributed by atoms with van der Waals surface area (Å²) in [6.45, 7) is 4.11. The predicted octanol–water partition coefficient (Wildman–Crippen LogP) is 4.01. The number of hydrogen-bond acceptors (Lipinski definition) is 3. The summed E-state index contributed by atoms with van der Waals surface area (Å²) in [7, 11) is 0. The summed E-state index contributed by atoms with van der Waals surface area (Å²) in [5, 5.41) is 0. The molecule has 1 aromatic carbocycles. The van der Waals surface area contributed by atoms with Crippen molar-refractivity contribution in [1.29, 1.82) is 0 Å². The molecule has 0 atom stereocenters. The quantitative estimate of drug-likeness (QED) is 0.787. The van der Waals surface area contributed by atoms with Gasteiger partial charge in [0.05, 0.1) is 0 Å². The number of aromatic nitrogens is 2. The van der Waals surface area contributed by atoms with Crippen LogP contribution in [0.25, 0.3) is 0 Å². The lowest BCUT2D eigenvalue weighted by Crippen LogP contribution is -2.35. The van der Waals surface area contributed by atoms with Gasteiger partial charge < -0.3 is 4.90 Å². The van der Waals surface area contributed by atoms with Crippen LogP contribution in [0, 0.1) is 12.8 Å². The number of hydrogen-bond donors (Lipinski definition) is 0. The molecule has 2 heterocycles. The van der Waals surface area contributed by atoms with E-state index in [1.54, 1.807) is 0 Å². The molecule has 0 amide bonds. The molecule has 0 unspecified atom stereocenters. The second-order valence-corrected chi connectivity index (χ2v) is 6.53. The number of aryl methyl sites for hydroxylation is 1. The van der Waals surface area contributed by atoms with Crippen LogP contribution in [0.1, 0.15) is 24.2 Å². The van der Waals surface area contributed by atoms with Crippen molar-refractivity contribution in [3.63, 3.8) is 0 Å². The Kier molecular flexibility index (Phi) is 4.54. The zero-order valence-electron chi connectivity index (χ0n) is 12.3. The highest BCUT2D eigenvalue weighted by Gasteiger charge is 2.20. The molecule has 1 aliphatic heterocycles. The molecule has 0 spiro atoms. The van der Waals surface area contributed by atoms with Crippen molar-refractivity contribution in [2.45, 2.75) is 26.2 Å². The second-order valence-electron chi connectivity index (χ2n) is 5.72. The van der Waals surface area contributed by atoms with Crippen molar-refractivity contribution in [3.8, 4) is 0 Å². The van der Waals surface area contributed by atoms with E-state index in [1.807, 2.05) is 13.0 Å². The minimum Gasteiger partial charge on any atom is -0.356 e. The van der Waals surface area contributed by atoms with E-state index in [-0.39, 0.29) is 0 Å². The molecule has 1 aromatic heterocycles. The van der Waals surface area contributed by atoms with Crippen LogP contribution < -0.4 is 4.90 Å². The highest BCUT2D eigenvalue weighted by Crippen LogP contribution is 2.25. The summed E-state index contributed by atoms with van der Waals surface area (Å²) >= 11 is 3.46. The van der Waals surface area contributed by atoms with Crippen LogP contribution in [0.3, 0.4) is 0 Å². The maximum Gasteiger partial charge on any atom is 0.133 e. The van der Waals surface area contributed by atoms with Crippen molar-refractivity contribution in [2.75, 3.05) is 18.0 Å². The van der Waals surface area contributed by atoms with E-state index in [0.717, 1.165) is 35.3 Å². The summed E-state index contributed by atoms with van der Waals surface area (Å²) in [5.41, 5.74) is 1.46. The van der Waals surface area contributed by atoms with E-state index >= 15 is 0 Å². The zero-order chi connectivity index (χ0) is 14.7. The molecular weight excluding hydrogens is 326 g/mol. The van der Waals surface area contributed by atoms with Crippen LogP contribution in [-0.2, 0) is 6.42 Å². The van der Waals surface area contributed by atoms with Gasteiger partial charge in [-0.15, -0.1) is 0 Å². The Balaban J connectivity index is 1.60. The fourth-order valence-electron chi connectivity index (χ4n) is 2.99. The number of rotatable bonds is 3. The van der Waals surface area contributed by atoms with Gasteiger partial charge in [-0.1, -0.05) is 30.3 Å². The third-order valence-corrected chi connectivity index (χ3v) is 4.51. The van der Waals surface area contributed by atoms with E-state index < -0.39 is 0 Å². The third kappa shape index (κ3) is 3.82. The van der Waals surface area contributed by atoms with E-state index in [2.05, 4.69) is 61.1 Å². The molecule has 0 aliphatic carbocycles. The predicted molar refractivity (Wildman–Crippen MR) is 89.6 cm³/mol. The normalized spacial score (nSPS) is 16.2. The monoisotopic (exact) mass is 345 g/mol. The van der Waals surface area contributed by atoms with E-state index in [4.69, 9.17) is 0 Å². The molecule has 0 saturated carbocycles. The van der Waals surface area contributed by atoms with Gasteiger partial charge >= 0.3 is 0 Å². The summed E-state index contributed by atoms with van der Waals surface area (Å²) in [4.78, 5) is 11.2. The van der Waals surface area contributed by atoms with Crippen LogP contribution in [0.2, 0.25) is 0 Å². The molecule has 110 valence electrons. The average molecular weight is 346 g/mol. The summed E-state index contributed by atoms with van der Waals surface area (Å²) in [6, 6.07) is 12.8. The third-order valence-electron chi connectivity index (χ3n) is 4.10. The van der Waals surface area contributed by atoms with Crippen molar-refractivity contribution in [2.24, 2.45) is 5.92 Å². The molecule has 3 nitrogen and oxygen atoms in total. The van der Waals surface area contributed by atoms with Gasteiger partial charge in [-0.2, -0.15) is 0 Å². The van der Waals surface area contributed by atoms with Crippen molar-refractivity contribution in [3.05, 3.63) is 52.4 Å². The number of nitrogens with zero attached hydrogens (tertiary/aromatic N) is 3. The Labute approximate surface area is 134 Å². The van der Waals surface area contributed by atoms with E-state index in [0.29, 0.717) is 0 Å². The van der Waals surface area contributed by atoms with Gasteiger partial charge in [0.1, 0.15) is 16.2 Å². The maximum absolute atomic E-state index is 4.55. The Morgan fingerprint density at radius 3 is 2.52 bits per heavy atom. The highest BCUT2D eigenvalue weighted by atomic mass is 79.9. The Morgan fingerprint density at radius 1 is 1.14 bits per heavy atom. The van der Waals surface area contributed by atoms with Crippen LogP contribution in [0.4, 0.5) is 5.82 Å². The average Bonchev–Trinajstić information content (AvgIpc) is 2.48. The standard InChI is InChI=1S/C17H20BrN3/c1-13-19-16(18)12-17(20-13)21-9-7-15(8-10-21)11-14-5-3-2-4-6-14/h2-6,12,15H,7-11H2,1H3. The van der Waals surface area contributed by atoms with Crippen molar-refractivity contribution in [1.82, 2.24) is 9.97 Å². The van der Waals surface area contributed by atoms with Crippen molar-refractivity contribution < 1.29 is 0 Å². The molecule has 21 heavy (non-hydrogen) atoms. The molecule has 3 rings (SSSR count). The topological polar surface area (TPSA) is 29.0 Å². The fourth-order valence-corrected chi connectivity index (χ4v) is 3.45. The van der Waals surface area contributed by atoms with Crippen LogP contribution in [0.15, 0.2) is 41.0 Å². The fraction of sp³-hybridized carbons (Fsp3) is 0.412. The van der Waals surface area contributed by atoms with Gasteiger partial charge in [-0.05, 0) is 53.6 Å². The van der Waals surface area contributed by atoms with Gasteiger partial charge in [0.2, 0.25) is 0 Å². The van der Waals surface area contributed by atoms with Gasteiger partial charge in [-0.3, -0.25) is 0 Å². The molecule has 4 heteroatoms.